The third-order valence-electron chi connectivity index (χ3n) is 5.37. The summed E-state index contributed by atoms with van der Waals surface area (Å²) in [5, 5.41) is 20.7. The summed E-state index contributed by atoms with van der Waals surface area (Å²) < 4.78 is 49.2. The lowest BCUT2D eigenvalue weighted by Crippen LogP contribution is -2.27. The van der Waals surface area contributed by atoms with E-state index in [1.807, 2.05) is 20.8 Å². The zero-order valence-electron chi connectivity index (χ0n) is 21.4. The van der Waals surface area contributed by atoms with Crippen molar-refractivity contribution >= 4 is 22.0 Å². The van der Waals surface area contributed by atoms with Crippen LogP contribution in [-0.4, -0.2) is 74.1 Å². The smallest absolute Gasteiger partial charge is 0.239 e. The van der Waals surface area contributed by atoms with Crippen LogP contribution in [0.3, 0.4) is 0 Å². The van der Waals surface area contributed by atoms with Gasteiger partial charge in [0, 0.05) is 31.2 Å². The van der Waals surface area contributed by atoms with Gasteiger partial charge in [0.1, 0.15) is 12.6 Å². The predicted molar refractivity (Wildman–Crippen MR) is 137 cm³/mol. The van der Waals surface area contributed by atoms with E-state index in [1.165, 1.54) is 25.3 Å². The molecule has 36 heavy (non-hydrogen) atoms. The summed E-state index contributed by atoms with van der Waals surface area (Å²) in [7, 11) is -2.26. The van der Waals surface area contributed by atoms with Crippen LogP contribution < -0.4 is 4.31 Å². The molecule has 1 aromatic carbocycles. The highest BCUT2D eigenvalue weighted by molar-refractivity contribution is 7.92. The SMILES string of the molecule is CCOCOCCC(O)CC(O)/C=C/c1c(-c2ccc(F)cc2)nc(N(C)S(C)(=O)=O)nc1C(C)C. The van der Waals surface area contributed by atoms with Gasteiger partial charge in [-0.15, -0.1) is 0 Å². The van der Waals surface area contributed by atoms with E-state index in [4.69, 9.17) is 9.47 Å². The van der Waals surface area contributed by atoms with Crippen LogP contribution in [0.5, 0.6) is 0 Å². The second-order valence-corrected chi connectivity index (χ2v) is 10.7. The van der Waals surface area contributed by atoms with Crippen LogP contribution in [0.2, 0.25) is 0 Å². The molecule has 2 N–H and O–H groups in total. The second-order valence-electron chi connectivity index (χ2n) is 8.69. The molecule has 1 heterocycles. The molecule has 9 nitrogen and oxygen atoms in total. The van der Waals surface area contributed by atoms with E-state index in [0.29, 0.717) is 42.1 Å². The summed E-state index contributed by atoms with van der Waals surface area (Å²) >= 11 is 0. The largest absolute Gasteiger partial charge is 0.393 e. The first-order valence-corrected chi connectivity index (χ1v) is 13.6. The number of aliphatic hydroxyl groups is 2. The van der Waals surface area contributed by atoms with Crippen molar-refractivity contribution in [3.8, 4) is 11.3 Å². The maximum Gasteiger partial charge on any atom is 0.239 e. The lowest BCUT2D eigenvalue weighted by molar-refractivity contribution is -0.0582. The van der Waals surface area contributed by atoms with Crippen molar-refractivity contribution in [2.24, 2.45) is 0 Å². The number of aliphatic hydroxyl groups excluding tert-OH is 2. The molecule has 0 fully saturated rings. The van der Waals surface area contributed by atoms with Gasteiger partial charge in [0.25, 0.3) is 0 Å². The van der Waals surface area contributed by atoms with E-state index in [0.717, 1.165) is 10.6 Å². The zero-order valence-corrected chi connectivity index (χ0v) is 22.2. The molecule has 0 aliphatic carbocycles. The van der Waals surface area contributed by atoms with Crippen LogP contribution in [0.25, 0.3) is 17.3 Å². The van der Waals surface area contributed by atoms with Crippen LogP contribution in [0.1, 0.15) is 50.8 Å². The number of ether oxygens (including phenoxy) is 2. The number of aromatic nitrogens is 2. The second kappa shape index (κ2) is 13.8. The van der Waals surface area contributed by atoms with E-state index < -0.39 is 28.0 Å². The highest BCUT2D eigenvalue weighted by atomic mass is 32.2. The molecule has 11 heteroatoms. The summed E-state index contributed by atoms with van der Waals surface area (Å²) in [6, 6.07) is 5.68. The molecular weight excluding hydrogens is 489 g/mol. The number of hydrogen-bond donors (Lipinski definition) is 2. The third kappa shape index (κ3) is 8.90. The van der Waals surface area contributed by atoms with Crippen molar-refractivity contribution in [1.82, 2.24) is 9.97 Å². The summed E-state index contributed by atoms with van der Waals surface area (Å²) in [5.41, 5.74) is 2.08. The van der Waals surface area contributed by atoms with Gasteiger partial charge in [0.05, 0.1) is 36.5 Å². The minimum atomic E-state index is -3.62. The Balaban J connectivity index is 2.39. The maximum atomic E-state index is 13.6. The van der Waals surface area contributed by atoms with Gasteiger partial charge in [0.15, 0.2) is 0 Å². The number of rotatable bonds is 14. The van der Waals surface area contributed by atoms with E-state index in [9.17, 15) is 23.0 Å². The van der Waals surface area contributed by atoms with E-state index >= 15 is 0 Å². The number of halogens is 1. The molecule has 2 atom stereocenters. The molecule has 1 aromatic heterocycles. The predicted octanol–water partition coefficient (Wildman–Crippen LogP) is 3.33. The molecule has 0 spiro atoms. The van der Waals surface area contributed by atoms with Gasteiger partial charge in [-0.25, -0.2) is 27.1 Å². The minimum absolute atomic E-state index is 0.0132. The van der Waals surface area contributed by atoms with Crippen molar-refractivity contribution in [1.29, 1.82) is 0 Å². The molecule has 0 radical (unpaired) electrons. The Labute approximate surface area is 212 Å². The molecule has 0 bridgehead atoms. The van der Waals surface area contributed by atoms with Gasteiger partial charge in [0.2, 0.25) is 16.0 Å². The summed E-state index contributed by atoms with van der Waals surface area (Å²) in [6.07, 6.45) is 2.92. The Hall–Kier alpha value is -2.44. The number of hydrogen-bond acceptors (Lipinski definition) is 8. The molecular formula is C25H36FN3O6S. The Morgan fingerprint density at radius 2 is 1.81 bits per heavy atom. The van der Waals surface area contributed by atoms with E-state index in [1.54, 1.807) is 18.2 Å². The van der Waals surface area contributed by atoms with Crippen molar-refractivity contribution < 1.29 is 32.5 Å². The van der Waals surface area contributed by atoms with Crippen LogP contribution in [0, 0.1) is 5.82 Å². The molecule has 200 valence electrons. The summed E-state index contributed by atoms with van der Waals surface area (Å²) in [6.45, 7) is 6.66. The summed E-state index contributed by atoms with van der Waals surface area (Å²) in [4.78, 5) is 8.99. The van der Waals surface area contributed by atoms with E-state index in [-0.39, 0.29) is 25.1 Å². The topological polar surface area (TPSA) is 122 Å². The normalized spacial score (nSPS) is 13.9. The molecule has 0 aliphatic rings. The fourth-order valence-electron chi connectivity index (χ4n) is 3.30. The number of nitrogens with zero attached hydrogens (tertiary/aromatic N) is 3. The van der Waals surface area contributed by atoms with Gasteiger partial charge in [-0.3, -0.25) is 0 Å². The lowest BCUT2D eigenvalue weighted by atomic mass is 9.97. The van der Waals surface area contributed by atoms with Crippen LogP contribution in [-0.2, 0) is 19.5 Å². The van der Waals surface area contributed by atoms with Gasteiger partial charge in [-0.05, 0) is 43.5 Å². The van der Waals surface area contributed by atoms with E-state index in [2.05, 4.69) is 9.97 Å². The van der Waals surface area contributed by atoms with Crippen molar-refractivity contribution in [2.45, 2.75) is 51.7 Å². The Morgan fingerprint density at radius 3 is 2.39 bits per heavy atom. The zero-order chi connectivity index (χ0) is 26.9. The highest BCUT2D eigenvalue weighted by Gasteiger charge is 2.22. The fraction of sp³-hybridized carbons (Fsp3) is 0.520. The van der Waals surface area contributed by atoms with Gasteiger partial charge in [-0.1, -0.05) is 26.0 Å². The first-order valence-electron chi connectivity index (χ1n) is 11.8. The lowest BCUT2D eigenvalue weighted by Gasteiger charge is -2.20. The van der Waals surface area contributed by atoms with Crippen LogP contribution in [0.15, 0.2) is 30.3 Å². The van der Waals surface area contributed by atoms with Crippen molar-refractivity contribution in [3.05, 3.63) is 47.4 Å². The summed E-state index contributed by atoms with van der Waals surface area (Å²) in [5.74, 6) is -0.554. The Kier molecular flexibility index (Phi) is 11.4. The first-order chi connectivity index (χ1) is 16.9. The molecule has 0 saturated heterocycles. The number of benzene rings is 1. The minimum Gasteiger partial charge on any atom is -0.393 e. The fourth-order valence-corrected chi connectivity index (χ4v) is 3.68. The molecule has 2 aromatic rings. The third-order valence-corrected chi connectivity index (χ3v) is 6.53. The molecule has 0 amide bonds. The molecule has 2 rings (SSSR count). The van der Waals surface area contributed by atoms with Gasteiger partial charge < -0.3 is 19.7 Å². The molecule has 0 saturated carbocycles. The van der Waals surface area contributed by atoms with Crippen molar-refractivity contribution in [2.75, 3.05) is 37.6 Å². The van der Waals surface area contributed by atoms with Gasteiger partial charge in [-0.2, -0.15) is 0 Å². The molecule has 0 aliphatic heterocycles. The molecule has 2 unspecified atom stereocenters. The van der Waals surface area contributed by atoms with Gasteiger partial charge >= 0.3 is 0 Å². The Bertz CT molecular complexity index is 1110. The van der Waals surface area contributed by atoms with Crippen LogP contribution in [0.4, 0.5) is 10.3 Å². The average molecular weight is 526 g/mol. The van der Waals surface area contributed by atoms with Crippen LogP contribution >= 0.6 is 0 Å². The monoisotopic (exact) mass is 525 g/mol. The number of anilines is 1. The number of sulfonamides is 1. The quantitative estimate of drug-likeness (QED) is 0.285. The average Bonchev–Trinajstić information content (AvgIpc) is 2.81. The van der Waals surface area contributed by atoms with Crippen molar-refractivity contribution in [3.63, 3.8) is 0 Å². The maximum absolute atomic E-state index is 13.6. The standard InChI is InChI=1S/C25H36FN3O6S/c1-6-34-16-35-14-13-21(31)15-20(30)11-12-22-23(17(2)3)27-25(29(4)36(5,32)33)28-24(22)18-7-9-19(26)10-8-18/h7-12,17,20-21,30-31H,6,13-16H2,1-5H3/b12-11+. The first kappa shape index (κ1) is 29.8. The highest BCUT2D eigenvalue weighted by Crippen LogP contribution is 2.31. The Morgan fingerprint density at radius 1 is 1.14 bits per heavy atom.